The highest BCUT2D eigenvalue weighted by Gasteiger charge is 2.16. The lowest BCUT2D eigenvalue weighted by Gasteiger charge is -2.12. The number of aryl methyl sites for hydroxylation is 2. The molecule has 90 valence electrons. The Hall–Kier alpha value is -1.07. The van der Waals surface area contributed by atoms with Gasteiger partial charge in [0, 0.05) is 6.07 Å². The van der Waals surface area contributed by atoms with Crippen LogP contribution < -0.4 is 9.46 Å². The molecule has 0 aromatic heterocycles. The fraction of sp³-hybridized carbons (Fsp3) is 0.455. The highest BCUT2D eigenvalue weighted by molar-refractivity contribution is 7.89. The van der Waals surface area contributed by atoms with Crippen LogP contribution in [-0.4, -0.2) is 22.1 Å². The molecule has 0 bridgehead atoms. The zero-order valence-electron chi connectivity index (χ0n) is 9.99. The predicted octanol–water partition coefficient (Wildman–Crippen LogP) is 1.61. The molecule has 0 fully saturated rings. The number of benzene rings is 1. The average Bonchev–Trinajstić information content (AvgIpc) is 2.22. The van der Waals surface area contributed by atoms with Crippen molar-refractivity contribution >= 4 is 10.0 Å². The summed E-state index contributed by atoms with van der Waals surface area (Å²) in [6.45, 7) is 6.05. The number of nitrogens with one attached hydrogen (secondary N) is 1. The van der Waals surface area contributed by atoms with Crippen molar-refractivity contribution in [3.63, 3.8) is 0 Å². The van der Waals surface area contributed by atoms with Gasteiger partial charge in [-0.2, -0.15) is 0 Å². The Kier molecular flexibility index (Phi) is 3.93. The van der Waals surface area contributed by atoms with E-state index in [9.17, 15) is 8.42 Å². The summed E-state index contributed by atoms with van der Waals surface area (Å²) in [6, 6.07) is 3.38. The zero-order valence-corrected chi connectivity index (χ0v) is 10.8. The van der Waals surface area contributed by atoms with Gasteiger partial charge < -0.3 is 4.74 Å². The molecule has 0 heterocycles. The maximum absolute atomic E-state index is 11.7. The van der Waals surface area contributed by atoms with Gasteiger partial charge in [0.1, 0.15) is 5.75 Å². The van der Waals surface area contributed by atoms with Crippen LogP contribution in [0.25, 0.3) is 0 Å². The molecule has 0 aliphatic carbocycles. The lowest BCUT2D eigenvalue weighted by molar-refractivity contribution is 0.337. The quantitative estimate of drug-likeness (QED) is 0.874. The summed E-state index contributed by atoms with van der Waals surface area (Å²) >= 11 is 0. The van der Waals surface area contributed by atoms with Crippen LogP contribution in [0.5, 0.6) is 5.75 Å². The van der Waals surface area contributed by atoms with Crippen LogP contribution in [0.1, 0.15) is 18.1 Å². The monoisotopic (exact) mass is 243 g/mol. The van der Waals surface area contributed by atoms with Crippen LogP contribution in [-0.2, 0) is 10.0 Å². The molecule has 0 spiro atoms. The van der Waals surface area contributed by atoms with Crippen LogP contribution in [0.15, 0.2) is 17.0 Å². The maximum atomic E-state index is 11.7. The van der Waals surface area contributed by atoms with E-state index in [2.05, 4.69) is 4.72 Å². The first-order valence-electron chi connectivity index (χ1n) is 5.10. The van der Waals surface area contributed by atoms with E-state index in [0.717, 1.165) is 11.1 Å². The molecule has 4 nitrogen and oxygen atoms in total. The molecule has 0 saturated carbocycles. The normalized spacial score (nSPS) is 11.5. The van der Waals surface area contributed by atoms with E-state index >= 15 is 0 Å². The fourth-order valence-corrected chi connectivity index (χ4v) is 2.49. The number of rotatable bonds is 4. The van der Waals surface area contributed by atoms with Crippen molar-refractivity contribution in [2.24, 2.45) is 0 Å². The van der Waals surface area contributed by atoms with Crippen LogP contribution in [0.4, 0.5) is 0 Å². The minimum absolute atomic E-state index is 0.268. The highest BCUT2D eigenvalue weighted by Crippen LogP contribution is 2.25. The standard InChI is InChI=1S/C11H17NO3S/c1-5-15-10-7-11(16(13,14)12-4)9(3)6-8(10)2/h6-7,12H,5H2,1-4H3. The summed E-state index contributed by atoms with van der Waals surface area (Å²) in [4.78, 5) is 0.268. The second-order valence-corrected chi connectivity index (χ2v) is 5.38. The molecule has 0 aliphatic rings. The summed E-state index contributed by atoms with van der Waals surface area (Å²) in [5.74, 6) is 0.613. The number of hydrogen-bond donors (Lipinski definition) is 1. The largest absolute Gasteiger partial charge is 0.494 e. The first-order chi connectivity index (χ1) is 7.42. The van der Waals surface area contributed by atoms with Gasteiger partial charge in [-0.05, 0) is 38.9 Å². The summed E-state index contributed by atoms with van der Waals surface area (Å²) < 4.78 is 31.1. The average molecular weight is 243 g/mol. The van der Waals surface area contributed by atoms with Gasteiger partial charge in [-0.1, -0.05) is 6.07 Å². The molecule has 0 amide bonds. The Morgan fingerprint density at radius 2 is 1.88 bits per heavy atom. The van der Waals surface area contributed by atoms with E-state index < -0.39 is 10.0 Å². The number of sulfonamides is 1. The van der Waals surface area contributed by atoms with E-state index in [-0.39, 0.29) is 4.90 Å². The molecule has 0 atom stereocenters. The molecule has 5 heteroatoms. The van der Waals surface area contributed by atoms with E-state index in [0.29, 0.717) is 12.4 Å². The van der Waals surface area contributed by atoms with Gasteiger partial charge in [-0.25, -0.2) is 13.1 Å². The van der Waals surface area contributed by atoms with Crippen LogP contribution in [0.3, 0.4) is 0 Å². The Morgan fingerprint density at radius 1 is 1.25 bits per heavy atom. The van der Waals surface area contributed by atoms with Crippen molar-refractivity contribution in [3.05, 3.63) is 23.3 Å². The van der Waals surface area contributed by atoms with Crippen LogP contribution in [0, 0.1) is 13.8 Å². The molecule has 0 unspecified atom stereocenters. The van der Waals surface area contributed by atoms with E-state index in [1.54, 1.807) is 13.0 Å². The first-order valence-corrected chi connectivity index (χ1v) is 6.58. The van der Waals surface area contributed by atoms with Crippen molar-refractivity contribution in [1.29, 1.82) is 0 Å². The van der Waals surface area contributed by atoms with E-state index in [1.807, 2.05) is 19.9 Å². The highest BCUT2D eigenvalue weighted by atomic mass is 32.2. The Bertz CT molecular complexity index is 480. The molecule has 1 rings (SSSR count). The second-order valence-electron chi connectivity index (χ2n) is 3.52. The van der Waals surface area contributed by atoms with Gasteiger partial charge in [0.25, 0.3) is 0 Å². The molecule has 0 aliphatic heterocycles. The molecular weight excluding hydrogens is 226 g/mol. The molecule has 0 radical (unpaired) electrons. The molecule has 1 N–H and O–H groups in total. The summed E-state index contributed by atoms with van der Waals surface area (Å²) in [5.41, 5.74) is 1.66. The summed E-state index contributed by atoms with van der Waals surface area (Å²) in [5, 5.41) is 0. The minimum Gasteiger partial charge on any atom is -0.494 e. The third-order valence-electron chi connectivity index (χ3n) is 2.33. The number of ether oxygens (including phenoxy) is 1. The second kappa shape index (κ2) is 4.84. The minimum atomic E-state index is -3.42. The molecule has 1 aromatic rings. The van der Waals surface area contributed by atoms with Crippen LogP contribution >= 0.6 is 0 Å². The van der Waals surface area contributed by atoms with Gasteiger partial charge in [0.05, 0.1) is 11.5 Å². The Morgan fingerprint density at radius 3 is 2.38 bits per heavy atom. The van der Waals surface area contributed by atoms with Crippen molar-refractivity contribution < 1.29 is 13.2 Å². The van der Waals surface area contributed by atoms with Gasteiger partial charge in [0.15, 0.2) is 0 Å². The van der Waals surface area contributed by atoms with Gasteiger partial charge in [-0.3, -0.25) is 0 Å². The fourth-order valence-electron chi connectivity index (χ4n) is 1.52. The summed E-state index contributed by atoms with van der Waals surface area (Å²) in [6.07, 6.45) is 0. The Labute approximate surface area is 96.7 Å². The van der Waals surface area contributed by atoms with Crippen molar-refractivity contribution in [2.45, 2.75) is 25.7 Å². The van der Waals surface area contributed by atoms with E-state index in [4.69, 9.17) is 4.74 Å². The predicted molar refractivity (Wildman–Crippen MR) is 63.3 cm³/mol. The maximum Gasteiger partial charge on any atom is 0.240 e. The SMILES string of the molecule is CCOc1cc(S(=O)(=O)NC)c(C)cc1C. The lowest BCUT2D eigenvalue weighted by Crippen LogP contribution is -2.19. The van der Waals surface area contributed by atoms with Gasteiger partial charge in [0.2, 0.25) is 10.0 Å². The molecule has 1 aromatic carbocycles. The smallest absolute Gasteiger partial charge is 0.240 e. The van der Waals surface area contributed by atoms with Crippen molar-refractivity contribution in [3.8, 4) is 5.75 Å². The van der Waals surface area contributed by atoms with E-state index in [1.165, 1.54) is 7.05 Å². The van der Waals surface area contributed by atoms with Gasteiger partial charge >= 0.3 is 0 Å². The summed E-state index contributed by atoms with van der Waals surface area (Å²) in [7, 11) is -2.02. The lowest BCUT2D eigenvalue weighted by atomic mass is 10.1. The Balaban J connectivity index is 3.36. The van der Waals surface area contributed by atoms with Crippen molar-refractivity contribution in [1.82, 2.24) is 4.72 Å². The first kappa shape index (κ1) is 13.0. The molecule has 16 heavy (non-hydrogen) atoms. The topological polar surface area (TPSA) is 55.4 Å². The third-order valence-corrected chi connectivity index (χ3v) is 3.89. The number of hydrogen-bond acceptors (Lipinski definition) is 3. The third kappa shape index (κ3) is 2.54. The van der Waals surface area contributed by atoms with Crippen molar-refractivity contribution in [2.75, 3.05) is 13.7 Å². The van der Waals surface area contributed by atoms with Crippen LogP contribution in [0.2, 0.25) is 0 Å². The zero-order chi connectivity index (χ0) is 12.3. The molecular formula is C11H17NO3S. The molecule has 0 saturated heterocycles. The van der Waals surface area contributed by atoms with Gasteiger partial charge in [-0.15, -0.1) is 0 Å².